The average molecular weight is 249 g/mol. The summed E-state index contributed by atoms with van der Waals surface area (Å²) in [7, 11) is 0. The third-order valence-electron chi connectivity index (χ3n) is 4.13. The van der Waals surface area contributed by atoms with Crippen molar-refractivity contribution in [3.05, 3.63) is 35.1 Å². The second kappa shape index (κ2) is 5.83. The second-order valence-corrected chi connectivity index (χ2v) is 5.91. The molecule has 1 fully saturated rings. The molecule has 0 aliphatic heterocycles. The van der Waals surface area contributed by atoms with Crippen molar-refractivity contribution in [2.75, 3.05) is 6.54 Å². The molecule has 0 amide bonds. The van der Waals surface area contributed by atoms with Crippen LogP contribution < -0.4 is 5.32 Å². The van der Waals surface area contributed by atoms with E-state index in [2.05, 4.69) is 26.1 Å². The van der Waals surface area contributed by atoms with E-state index in [4.69, 9.17) is 0 Å². The Morgan fingerprint density at radius 3 is 2.67 bits per heavy atom. The predicted octanol–water partition coefficient (Wildman–Crippen LogP) is 3.70. The van der Waals surface area contributed by atoms with Gasteiger partial charge in [-0.25, -0.2) is 4.39 Å². The molecular formula is C16H24FN. The topological polar surface area (TPSA) is 12.0 Å². The summed E-state index contributed by atoms with van der Waals surface area (Å²) in [5.74, 6) is 1.09. The van der Waals surface area contributed by atoms with E-state index in [0.29, 0.717) is 11.8 Å². The normalized spacial score (nSPS) is 18.7. The van der Waals surface area contributed by atoms with Gasteiger partial charge in [0.1, 0.15) is 5.82 Å². The fourth-order valence-electron chi connectivity index (χ4n) is 2.25. The van der Waals surface area contributed by atoms with E-state index in [1.807, 2.05) is 6.07 Å². The molecule has 0 bridgehead atoms. The highest BCUT2D eigenvalue weighted by atomic mass is 19.1. The molecule has 1 N–H and O–H groups in total. The lowest BCUT2D eigenvalue weighted by Crippen LogP contribution is -2.27. The number of aryl methyl sites for hydroxylation is 1. The van der Waals surface area contributed by atoms with Crippen LogP contribution in [0.3, 0.4) is 0 Å². The van der Waals surface area contributed by atoms with Crippen molar-refractivity contribution in [1.29, 1.82) is 0 Å². The molecule has 2 atom stereocenters. The monoisotopic (exact) mass is 249 g/mol. The van der Waals surface area contributed by atoms with Gasteiger partial charge in [-0.15, -0.1) is 0 Å². The van der Waals surface area contributed by atoms with Gasteiger partial charge in [-0.3, -0.25) is 0 Å². The highest BCUT2D eigenvalue weighted by Gasteiger charge is 2.22. The van der Waals surface area contributed by atoms with Crippen molar-refractivity contribution < 1.29 is 4.39 Å². The molecule has 18 heavy (non-hydrogen) atoms. The summed E-state index contributed by atoms with van der Waals surface area (Å²) in [4.78, 5) is 0. The zero-order chi connectivity index (χ0) is 13.1. The van der Waals surface area contributed by atoms with Crippen molar-refractivity contribution in [3.63, 3.8) is 0 Å². The van der Waals surface area contributed by atoms with E-state index in [1.54, 1.807) is 12.1 Å². The molecular weight excluding hydrogens is 225 g/mol. The number of benzene rings is 1. The molecule has 1 aliphatic rings. The highest BCUT2D eigenvalue weighted by Crippen LogP contribution is 2.22. The van der Waals surface area contributed by atoms with E-state index in [0.717, 1.165) is 24.6 Å². The van der Waals surface area contributed by atoms with Gasteiger partial charge in [0.25, 0.3) is 0 Å². The average Bonchev–Trinajstić information content (AvgIpc) is 3.14. The van der Waals surface area contributed by atoms with Crippen molar-refractivity contribution in [3.8, 4) is 0 Å². The Morgan fingerprint density at radius 1 is 1.28 bits per heavy atom. The first-order chi connectivity index (χ1) is 8.56. The van der Waals surface area contributed by atoms with Crippen molar-refractivity contribution in [2.24, 2.45) is 11.8 Å². The lowest BCUT2D eigenvalue weighted by atomic mass is 9.88. The third kappa shape index (κ3) is 3.81. The summed E-state index contributed by atoms with van der Waals surface area (Å²) in [6.45, 7) is 7.70. The Balaban J connectivity index is 1.88. The summed E-state index contributed by atoms with van der Waals surface area (Å²) in [6.07, 6.45) is 3.64. The van der Waals surface area contributed by atoms with E-state index in [9.17, 15) is 4.39 Å². The molecule has 0 saturated heterocycles. The van der Waals surface area contributed by atoms with E-state index >= 15 is 0 Å². The van der Waals surface area contributed by atoms with Crippen LogP contribution in [0.4, 0.5) is 4.39 Å². The summed E-state index contributed by atoms with van der Waals surface area (Å²) < 4.78 is 13.2. The van der Waals surface area contributed by atoms with Crippen LogP contribution >= 0.6 is 0 Å². The van der Waals surface area contributed by atoms with Gasteiger partial charge in [-0.1, -0.05) is 19.9 Å². The molecule has 0 aromatic heterocycles. The van der Waals surface area contributed by atoms with Gasteiger partial charge in [0.2, 0.25) is 0 Å². The van der Waals surface area contributed by atoms with Gasteiger partial charge in [0.05, 0.1) is 0 Å². The van der Waals surface area contributed by atoms with E-state index < -0.39 is 0 Å². The first-order valence-corrected chi connectivity index (χ1v) is 7.04. The molecule has 100 valence electrons. The van der Waals surface area contributed by atoms with Crippen LogP contribution in [0.5, 0.6) is 0 Å². The number of rotatable bonds is 6. The zero-order valence-corrected chi connectivity index (χ0v) is 11.7. The number of nitrogens with one attached hydrogen (secondary N) is 1. The minimum atomic E-state index is -0.119. The van der Waals surface area contributed by atoms with E-state index in [1.165, 1.54) is 18.4 Å². The first kappa shape index (κ1) is 13.5. The van der Waals surface area contributed by atoms with Gasteiger partial charge in [0.15, 0.2) is 0 Å². The molecule has 2 heteroatoms. The Hall–Kier alpha value is -0.890. The molecule has 1 aromatic rings. The summed E-state index contributed by atoms with van der Waals surface area (Å²) in [5.41, 5.74) is 2.35. The number of hydrogen-bond acceptors (Lipinski definition) is 1. The smallest absolute Gasteiger partial charge is 0.123 e. The second-order valence-electron chi connectivity index (χ2n) is 5.91. The van der Waals surface area contributed by atoms with Crippen LogP contribution in [0.25, 0.3) is 0 Å². The zero-order valence-electron chi connectivity index (χ0n) is 11.7. The van der Waals surface area contributed by atoms with Gasteiger partial charge < -0.3 is 5.32 Å². The third-order valence-corrected chi connectivity index (χ3v) is 4.13. The summed E-state index contributed by atoms with van der Waals surface area (Å²) in [5, 5.41) is 3.57. The molecule has 2 rings (SSSR count). The maximum Gasteiger partial charge on any atom is 0.123 e. The molecule has 1 saturated carbocycles. The van der Waals surface area contributed by atoms with Crippen LogP contribution in [0.15, 0.2) is 18.2 Å². The van der Waals surface area contributed by atoms with Gasteiger partial charge in [-0.05, 0) is 67.8 Å². The number of halogens is 1. The Kier molecular flexibility index (Phi) is 4.39. The largest absolute Gasteiger partial charge is 0.314 e. The van der Waals surface area contributed by atoms with Gasteiger partial charge in [-0.2, -0.15) is 0 Å². The molecule has 0 heterocycles. The molecule has 1 aromatic carbocycles. The minimum absolute atomic E-state index is 0.119. The van der Waals surface area contributed by atoms with Crippen LogP contribution in [-0.4, -0.2) is 12.6 Å². The molecule has 1 aliphatic carbocycles. The lowest BCUT2D eigenvalue weighted by Gasteiger charge is -2.21. The summed E-state index contributed by atoms with van der Waals surface area (Å²) >= 11 is 0. The first-order valence-electron chi connectivity index (χ1n) is 7.04. The molecule has 2 unspecified atom stereocenters. The fourth-order valence-corrected chi connectivity index (χ4v) is 2.25. The number of hydrogen-bond donors (Lipinski definition) is 1. The summed E-state index contributed by atoms with van der Waals surface area (Å²) in [6, 6.07) is 5.88. The van der Waals surface area contributed by atoms with Crippen LogP contribution in [0.1, 0.15) is 37.8 Å². The van der Waals surface area contributed by atoms with Gasteiger partial charge >= 0.3 is 0 Å². The fraction of sp³-hybridized carbons (Fsp3) is 0.625. The Morgan fingerprint density at radius 2 is 2.00 bits per heavy atom. The molecule has 0 radical (unpaired) electrons. The standard InChI is InChI=1S/C16H24FN/c1-11-4-5-15(17)9-14(11)8-12(2)13(3)10-18-16-6-7-16/h4-5,9,12-13,16,18H,6-8,10H2,1-3H3. The minimum Gasteiger partial charge on any atom is -0.314 e. The van der Waals surface area contributed by atoms with E-state index in [-0.39, 0.29) is 5.82 Å². The maximum atomic E-state index is 13.2. The Bertz CT molecular complexity index is 398. The highest BCUT2D eigenvalue weighted by molar-refractivity contribution is 5.26. The van der Waals surface area contributed by atoms with Crippen LogP contribution in [0.2, 0.25) is 0 Å². The Labute approximate surface area is 110 Å². The van der Waals surface area contributed by atoms with Crippen LogP contribution in [-0.2, 0) is 6.42 Å². The molecule has 1 nitrogen and oxygen atoms in total. The lowest BCUT2D eigenvalue weighted by molar-refractivity contribution is 0.363. The molecule has 0 spiro atoms. The van der Waals surface area contributed by atoms with Gasteiger partial charge in [0, 0.05) is 6.04 Å². The van der Waals surface area contributed by atoms with Crippen LogP contribution in [0, 0.1) is 24.6 Å². The van der Waals surface area contributed by atoms with Crippen molar-refractivity contribution in [2.45, 2.75) is 46.1 Å². The van der Waals surface area contributed by atoms with Crippen molar-refractivity contribution >= 4 is 0 Å². The predicted molar refractivity (Wildman–Crippen MR) is 74.2 cm³/mol. The maximum absolute atomic E-state index is 13.2. The van der Waals surface area contributed by atoms with Crippen molar-refractivity contribution in [1.82, 2.24) is 5.32 Å². The SMILES string of the molecule is Cc1ccc(F)cc1CC(C)C(C)CNC1CC1. The quantitative estimate of drug-likeness (QED) is 0.810.